The van der Waals surface area contributed by atoms with Gasteiger partial charge in [-0.3, -0.25) is 9.59 Å². The van der Waals surface area contributed by atoms with E-state index in [1.165, 1.54) is 24.3 Å². The summed E-state index contributed by atoms with van der Waals surface area (Å²) in [6.07, 6.45) is 0. The van der Waals surface area contributed by atoms with E-state index in [0.29, 0.717) is 11.3 Å². The monoisotopic (exact) mass is 354 g/mol. The van der Waals surface area contributed by atoms with Crippen molar-refractivity contribution < 1.29 is 19.1 Å². The fourth-order valence-corrected chi connectivity index (χ4v) is 3.01. The molecule has 0 aromatic heterocycles. The van der Waals surface area contributed by atoms with Gasteiger partial charge in [-0.15, -0.1) is 0 Å². The molecule has 134 valence electrons. The summed E-state index contributed by atoms with van der Waals surface area (Å²) in [6.45, 7) is 1.91. The van der Waals surface area contributed by atoms with Crippen LogP contribution < -0.4 is 4.90 Å². The quantitative estimate of drug-likeness (QED) is 0.838. The molecule has 6 heteroatoms. The van der Waals surface area contributed by atoms with E-state index in [-0.39, 0.29) is 24.4 Å². The maximum Gasteiger partial charge on any atom is 0.282 e. The smallest absolute Gasteiger partial charge is 0.282 e. The molecular formula is C20H19FN2O3. The molecule has 0 unspecified atom stereocenters. The second-order valence-corrected chi connectivity index (χ2v) is 6.16. The first-order valence-corrected chi connectivity index (χ1v) is 8.21. The number of carbonyl (C=O) groups is 2. The number of likely N-dealkylation sites (N-methyl/N-ethyl adjacent to an activating group) is 1. The molecule has 0 spiro atoms. The number of aryl methyl sites for hydroxylation is 1. The molecule has 26 heavy (non-hydrogen) atoms. The first-order valence-electron chi connectivity index (χ1n) is 8.21. The van der Waals surface area contributed by atoms with Crippen molar-refractivity contribution in [2.24, 2.45) is 0 Å². The van der Waals surface area contributed by atoms with Crippen molar-refractivity contribution in [3.8, 4) is 0 Å². The molecule has 0 bridgehead atoms. The van der Waals surface area contributed by atoms with Crippen molar-refractivity contribution in [1.82, 2.24) is 4.90 Å². The average Bonchev–Trinajstić information content (AvgIpc) is 2.86. The Hall–Kier alpha value is -2.99. The largest absolute Gasteiger partial charge is 0.395 e. The SMILES string of the molecule is Cc1cccc(N2C(=O)C(c3ccc(F)cc3)=C(N(C)CCO)C2=O)c1. The number of rotatable bonds is 5. The number of anilines is 1. The van der Waals surface area contributed by atoms with Crippen LogP contribution in [0.1, 0.15) is 11.1 Å². The van der Waals surface area contributed by atoms with Crippen molar-refractivity contribution in [1.29, 1.82) is 0 Å². The van der Waals surface area contributed by atoms with E-state index in [2.05, 4.69) is 0 Å². The van der Waals surface area contributed by atoms with Gasteiger partial charge in [-0.25, -0.2) is 9.29 Å². The van der Waals surface area contributed by atoms with Crippen LogP contribution >= 0.6 is 0 Å². The van der Waals surface area contributed by atoms with Crippen molar-refractivity contribution in [2.75, 3.05) is 25.1 Å². The van der Waals surface area contributed by atoms with E-state index in [1.807, 2.05) is 13.0 Å². The van der Waals surface area contributed by atoms with Crippen LogP contribution in [0.3, 0.4) is 0 Å². The lowest BCUT2D eigenvalue weighted by atomic mass is 10.0. The third kappa shape index (κ3) is 3.11. The number of halogens is 1. The van der Waals surface area contributed by atoms with Gasteiger partial charge in [0.15, 0.2) is 0 Å². The summed E-state index contributed by atoms with van der Waals surface area (Å²) in [4.78, 5) is 28.8. The summed E-state index contributed by atoms with van der Waals surface area (Å²) in [7, 11) is 1.64. The highest BCUT2D eigenvalue weighted by molar-refractivity contribution is 6.45. The predicted molar refractivity (Wildman–Crippen MR) is 96.7 cm³/mol. The Morgan fingerprint density at radius 2 is 1.77 bits per heavy atom. The number of hydrogen-bond acceptors (Lipinski definition) is 4. The van der Waals surface area contributed by atoms with E-state index >= 15 is 0 Å². The summed E-state index contributed by atoms with van der Waals surface area (Å²) in [6, 6.07) is 12.6. The van der Waals surface area contributed by atoms with Crippen molar-refractivity contribution in [3.63, 3.8) is 0 Å². The van der Waals surface area contributed by atoms with Gasteiger partial charge in [-0.2, -0.15) is 0 Å². The fraction of sp³-hybridized carbons (Fsp3) is 0.200. The number of hydrogen-bond donors (Lipinski definition) is 1. The molecule has 0 atom stereocenters. The summed E-state index contributed by atoms with van der Waals surface area (Å²) in [5.41, 5.74) is 2.25. The first kappa shape index (κ1) is 17.8. The lowest BCUT2D eigenvalue weighted by Gasteiger charge is -2.20. The highest BCUT2D eigenvalue weighted by atomic mass is 19.1. The maximum atomic E-state index is 13.3. The topological polar surface area (TPSA) is 60.9 Å². The molecular weight excluding hydrogens is 335 g/mol. The molecule has 0 fully saturated rings. The van der Waals surface area contributed by atoms with Gasteiger partial charge in [0.25, 0.3) is 11.8 Å². The molecule has 0 radical (unpaired) electrons. The Morgan fingerprint density at radius 3 is 2.38 bits per heavy atom. The molecule has 1 N–H and O–H groups in total. The number of aliphatic hydroxyl groups excluding tert-OH is 1. The van der Waals surface area contributed by atoms with E-state index < -0.39 is 17.6 Å². The van der Waals surface area contributed by atoms with Gasteiger partial charge in [0.1, 0.15) is 11.5 Å². The zero-order chi connectivity index (χ0) is 18.8. The number of nitrogens with zero attached hydrogens (tertiary/aromatic N) is 2. The molecule has 2 aromatic carbocycles. The second-order valence-electron chi connectivity index (χ2n) is 6.16. The average molecular weight is 354 g/mol. The van der Waals surface area contributed by atoms with Gasteiger partial charge < -0.3 is 10.0 Å². The highest BCUT2D eigenvalue weighted by Crippen LogP contribution is 2.34. The molecule has 1 aliphatic rings. The van der Waals surface area contributed by atoms with Crippen LogP contribution in [0, 0.1) is 12.7 Å². The number of benzene rings is 2. The summed E-state index contributed by atoms with van der Waals surface area (Å²) in [5, 5.41) is 9.24. The van der Waals surface area contributed by atoms with Crippen LogP contribution in [-0.4, -0.2) is 42.0 Å². The predicted octanol–water partition coefficient (Wildman–Crippen LogP) is 2.34. The molecule has 1 heterocycles. The van der Waals surface area contributed by atoms with Crippen molar-refractivity contribution in [3.05, 3.63) is 71.2 Å². The summed E-state index contributed by atoms with van der Waals surface area (Å²) in [5.74, 6) is -1.35. The molecule has 0 aliphatic carbocycles. The zero-order valence-electron chi connectivity index (χ0n) is 14.6. The molecule has 2 amide bonds. The fourth-order valence-electron chi connectivity index (χ4n) is 3.01. The molecule has 2 aromatic rings. The maximum absolute atomic E-state index is 13.3. The minimum atomic E-state index is -0.466. The number of aliphatic hydroxyl groups is 1. The van der Waals surface area contributed by atoms with Gasteiger partial charge in [0, 0.05) is 13.6 Å². The lowest BCUT2D eigenvalue weighted by molar-refractivity contribution is -0.120. The first-order chi connectivity index (χ1) is 12.4. The minimum Gasteiger partial charge on any atom is -0.395 e. The molecule has 1 aliphatic heterocycles. The van der Waals surface area contributed by atoms with Crippen LogP contribution in [0.25, 0.3) is 5.57 Å². The van der Waals surface area contributed by atoms with E-state index in [0.717, 1.165) is 10.5 Å². The Morgan fingerprint density at radius 1 is 1.08 bits per heavy atom. The van der Waals surface area contributed by atoms with Gasteiger partial charge >= 0.3 is 0 Å². The Balaban J connectivity index is 2.13. The third-order valence-electron chi connectivity index (χ3n) is 4.27. The Labute approximate surface area is 151 Å². The van der Waals surface area contributed by atoms with Crippen LogP contribution in [0.4, 0.5) is 10.1 Å². The van der Waals surface area contributed by atoms with Crippen LogP contribution in [-0.2, 0) is 9.59 Å². The molecule has 5 nitrogen and oxygen atoms in total. The van der Waals surface area contributed by atoms with Gasteiger partial charge in [0.05, 0.1) is 17.9 Å². The summed E-state index contributed by atoms with van der Waals surface area (Å²) >= 11 is 0. The third-order valence-corrected chi connectivity index (χ3v) is 4.27. The number of amides is 2. The zero-order valence-corrected chi connectivity index (χ0v) is 14.6. The second kappa shape index (κ2) is 7.09. The van der Waals surface area contributed by atoms with E-state index in [1.54, 1.807) is 30.1 Å². The number of carbonyl (C=O) groups excluding carboxylic acids is 2. The highest BCUT2D eigenvalue weighted by Gasteiger charge is 2.41. The van der Waals surface area contributed by atoms with Crippen LogP contribution in [0.15, 0.2) is 54.2 Å². The molecule has 0 saturated heterocycles. The summed E-state index contributed by atoms with van der Waals surface area (Å²) < 4.78 is 13.3. The Bertz CT molecular complexity index is 890. The molecule has 3 rings (SSSR count). The molecule has 0 saturated carbocycles. The van der Waals surface area contributed by atoms with E-state index in [4.69, 9.17) is 0 Å². The van der Waals surface area contributed by atoms with Crippen molar-refractivity contribution >= 4 is 23.1 Å². The standard InChI is InChI=1S/C20H19FN2O3/c1-13-4-3-5-16(12-13)23-19(25)17(14-6-8-15(21)9-7-14)18(20(23)26)22(2)10-11-24/h3-9,12,24H,10-11H2,1-2H3. The van der Waals surface area contributed by atoms with Crippen LogP contribution in [0.5, 0.6) is 0 Å². The lowest BCUT2D eigenvalue weighted by Crippen LogP contribution is -2.34. The van der Waals surface area contributed by atoms with Gasteiger partial charge in [-0.05, 0) is 42.3 Å². The Kier molecular flexibility index (Phi) is 4.86. The van der Waals surface area contributed by atoms with E-state index in [9.17, 15) is 19.1 Å². The van der Waals surface area contributed by atoms with Crippen molar-refractivity contribution in [2.45, 2.75) is 6.92 Å². The normalized spacial score (nSPS) is 14.4. The van der Waals surface area contributed by atoms with Gasteiger partial charge in [0.2, 0.25) is 0 Å². The van der Waals surface area contributed by atoms with Crippen LogP contribution in [0.2, 0.25) is 0 Å². The minimum absolute atomic E-state index is 0.164. The van der Waals surface area contributed by atoms with Gasteiger partial charge in [-0.1, -0.05) is 24.3 Å². The number of imide groups is 1.